The van der Waals surface area contributed by atoms with Gasteiger partial charge in [0.05, 0.1) is 13.2 Å². The molecule has 104 valence electrons. The molecule has 0 aromatic rings. The normalized spacial score (nSPS) is 20.7. The Balaban J connectivity index is 2.40. The first kappa shape index (κ1) is 15.1. The molecule has 0 aliphatic carbocycles. The summed E-state index contributed by atoms with van der Waals surface area (Å²) in [6.07, 6.45) is 2.33. The molecule has 1 unspecified atom stereocenters. The topological polar surface area (TPSA) is 58.6 Å². The van der Waals surface area contributed by atoms with Crippen molar-refractivity contribution in [2.75, 3.05) is 32.8 Å². The highest BCUT2D eigenvalue weighted by atomic mass is 16.5. The van der Waals surface area contributed by atoms with Crippen LogP contribution in [-0.2, 0) is 14.3 Å². The molecule has 1 fully saturated rings. The lowest BCUT2D eigenvalue weighted by molar-refractivity contribution is -0.132. The Hall–Kier alpha value is -0.940. The predicted molar refractivity (Wildman–Crippen MR) is 69.4 cm³/mol. The van der Waals surface area contributed by atoms with Crippen molar-refractivity contribution in [1.29, 1.82) is 0 Å². The van der Waals surface area contributed by atoms with Crippen molar-refractivity contribution < 1.29 is 14.3 Å². The summed E-state index contributed by atoms with van der Waals surface area (Å²) in [5.74, 6) is 0.245. The van der Waals surface area contributed by atoms with Crippen molar-refractivity contribution >= 4 is 11.7 Å². The standard InChI is InChI=1S/C13H24N2O3/c1-3-6-14-13(17)12-10-18-9-8-15(12)7-4-5-11(2)16/h12H,3-10H2,1-2H3,(H,14,17). The number of hydrogen-bond donors (Lipinski definition) is 1. The molecule has 5 heteroatoms. The first-order valence-corrected chi connectivity index (χ1v) is 6.74. The van der Waals surface area contributed by atoms with Gasteiger partial charge in [0.1, 0.15) is 11.8 Å². The summed E-state index contributed by atoms with van der Waals surface area (Å²) in [6.45, 7) is 7.01. The van der Waals surface area contributed by atoms with Crippen LogP contribution in [0.15, 0.2) is 0 Å². The molecule has 0 spiro atoms. The van der Waals surface area contributed by atoms with Crippen molar-refractivity contribution in [3.05, 3.63) is 0 Å². The van der Waals surface area contributed by atoms with Crippen molar-refractivity contribution in [2.24, 2.45) is 0 Å². The van der Waals surface area contributed by atoms with Crippen LogP contribution < -0.4 is 5.32 Å². The number of ether oxygens (including phenoxy) is 1. The van der Waals surface area contributed by atoms with Crippen LogP contribution >= 0.6 is 0 Å². The fourth-order valence-electron chi connectivity index (χ4n) is 2.04. The largest absolute Gasteiger partial charge is 0.378 e. The van der Waals surface area contributed by atoms with E-state index in [1.54, 1.807) is 6.92 Å². The molecule has 0 radical (unpaired) electrons. The fraction of sp³-hybridized carbons (Fsp3) is 0.846. The molecule has 18 heavy (non-hydrogen) atoms. The number of nitrogens with one attached hydrogen (secondary N) is 1. The van der Waals surface area contributed by atoms with Gasteiger partial charge in [-0.3, -0.25) is 9.69 Å². The van der Waals surface area contributed by atoms with Gasteiger partial charge in [-0.2, -0.15) is 0 Å². The van der Waals surface area contributed by atoms with Gasteiger partial charge in [-0.1, -0.05) is 6.92 Å². The molecule has 1 atom stereocenters. The average molecular weight is 256 g/mol. The number of rotatable bonds is 7. The van der Waals surface area contributed by atoms with E-state index in [9.17, 15) is 9.59 Å². The molecule has 1 saturated heterocycles. The van der Waals surface area contributed by atoms with Gasteiger partial charge < -0.3 is 14.8 Å². The molecule has 1 rings (SSSR count). The van der Waals surface area contributed by atoms with Crippen LogP contribution in [0.3, 0.4) is 0 Å². The van der Waals surface area contributed by atoms with E-state index in [4.69, 9.17) is 4.74 Å². The lowest BCUT2D eigenvalue weighted by Gasteiger charge is -2.34. The van der Waals surface area contributed by atoms with Crippen LogP contribution in [0.2, 0.25) is 0 Å². The quantitative estimate of drug-likeness (QED) is 0.724. The van der Waals surface area contributed by atoms with E-state index >= 15 is 0 Å². The Morgan fingerprint density at radius 3 is 2.89 bits per heavy atom. The zero-order chi connectivity index (χ0) is 13.4. The minimum Gasteiger partial charge on any atom is -0.378 e. The van der Waals surface area contributed by atoms with E-state index < -0.39 is 0 Å². The molecular formula is C13H24N2O3. The van der Waals surface area contributed by atoms with Crippen LogP contribution in [0.25, 0.3) is 0 Å². The number of ketones is 1. The Morgan fingerprint density at radius 1 is 1.44 bits per heavy atom. The minimum atomic E-state index is -0.197. The number of hydrogen-bond acceptors (Lipinski definition) is 4. The fourth-order valence-corrected chi connectivity index (χ4v) is 2.04. The molecule has 1 aliphatic rings. The first-order valence-electron chi connectivity index (χ1n) is 6.74. The zero-order valence-corrected chi connectivity index (χ0v) is 11.4. The second kappa shape index (κ2) is 8.21. The lowest BCUT2D eigenvalue weighted by Crippen LogP contribution is -2.54. The van der Waals surface area contributed by atoms with Crippen LogP contribution in [0.5, 0.6) is 0 Å². The maximum absolute atomic E-state index is 12.0. The predicted octanol–water partition coefficient (Wildman–Crippen LogP) is 0.583. The van der Waals surface area contributed by atoms with E-state index in [2.05, 4.69) is 10.2 Å². The molecule has 0 saturated carbocycles. The van der Waals surface area contributed by atoms with Crippen molar-refractivity contribution in [1.82, 2.24) is 10.2 Å². The summed E-state index contributed by atoms with van der Waals surface area (Å²) >= 11 is 0. The molecule has 5 nitrogen and oxygen atoms in total. The van der Waals surface area contributed by atoms with E-state index in [0.717, 1.165) is 25.9 Å². The number of morpholine rings is 1. The summed E-state index contributed by atoms with van der Waals surface area (Å²) in [5.41, 5.74) is 0. The Kier molecular flexibility index (Phi) is 6.90. The molecule has 0 aromatic carbocycles. The second-order valence-corrected chi connectivity index (χ2v) is 4.72. The molecule has 1 heterocycles. The van der Waals surface area contributed by atoms with Crippen LogP contribution in [0.4, 0.5) is 0 Å². The van der Waals surface area contributed by atoms with Crippen molar-refractivity contribution in [3.63, 3.8) is 0 Å². The van der Waals surface area contributed by atoms with Gasteiger partial charge in [0.25, 0.3) is 0 Å². The number of carbonyl (C=O) groups excluding carboxylic acids is 2. The molecular weight excluding hydrogens is 232 g/mol. The minimum absolute atomic E-state index is 0.0411. The van der Waals surface area contributed by atoms with E-state index in [-0.39, 0.29) is 17.7 Å². The zero-order valence-electron chi connectivity index (χ0n) is 11.4. The summed E-state index contributed by atoms with van der Waals surface area (Å²) in [6, 6.07) is -0.197. The number of Topliss-reactive ketones (excluding diaryl/α,β-unsaturated/α-hetero) is 1. The van der Waals surface area contributed by atoms with E-state index in [1.807, 2.05) is 6.92 Å². The molecule has 1 amide bonds. The van der Waals surface area contributed by atoms with Crippen LogP contribution in [0.1, 0.15) is 33.1 Å². The summed E-state index contributed by atoms with van der Waals surface area (Å²) in [4.78, 5) is 25.0. The van der Waals surface area contributed by atoms with Gasteiger partial charge in [-0.15, -0.1) is 0 Å². The highest BCUT2D eigenvalue weighted by Crippen LogP contribution is 2.09. The summed E-state index contributed by atoms with van der Waals surface area (Å²) in [7, 11) is 0. The number of nitrogens with zero attached hydrogens (tertiary/aromatic N) is 1. The van der Waals surface area contributed by atoms with E-state index in [0.29, 0.717) is 26.2 Å². The van der Waals surface area contributed by atoms with Crippen LogP contribution in [-0.4, -0.2) is 55.5 Å². The monoisotopic (exact) mass is 256 g/mol. The molecule has 1 N–H and O–H groups in total. The Bertz CT molecular complexity index is 281. The Morgan fingerprint density at radius 2 is 2.22 bits per heavy atom. The van der Waals surface area contributed by atoms with Crippen LogP contribution in [0, 0.1) is 0 Å². The van der Waals surface area contributed by atoms with Gasteiger partial charge in [0.15, 0.2) is 0 Å². The molecule has 0 bridgehead atoms. The Labute approximate surface area is 109 Å². The molecule has 0 aromatic heterocycles. The second-order valence-electron chi connectivity index (χ2n) is 4.72. The van der Waals surface area contributed by atoms with Gasteiger partial charge in [0, 0.05) is 19.5 Å². The third-order valence-electron chi connectivity index (χ3n) is 3.07. The van der Waals surface area contributed by atoms with Gasteiger partial charge in [0.2, 0.25) is 5.91 Å². The smallest absolute Gasteiger partial charge is 0.239 e. The first-order chi connectivity index (χ1) is 8.65. The highest BCUT2D eigenvalue weighted by Gasteiger charge is 2.28. The van der Waals surface area contributed by atoms with Crippen molar-refractivity contribution in [3.8, 4) is 0 Å². The highest BCUT2D eigenvalue weighted by molar-refractivity contribution is 5.82. The average Bonchev–Trinajstić information content (AvgIpc) is 2.36. The van der Waals surface area contributed by atoms with Crippen molar-refractivity contribution in [2.45, 2.75) is 39.2 Å². The summed E-state index contributed by atoms with van der Waals surface area (Å²) in [5, 5.41) is 2.90. The van der Waals surface area contributed by atoms with Gasteiger partial charge >= 0.3 is 0 Å². The maximum Gasteiger partial charge on any atom is 0.239 e. The molecule has 1 aliphatic heterocycles. The van der Waals surface area contributed by atoms with E-state index in [1.165, 1.54) is 0 Å². The number of amides is 1. The lowest BCUT2D eigenvalue weighted by atomic mass is 10.1. The number of carbonyl (C=O) groups is 2. The third kappa shape index (κ3) is 5.14. The SMILES string of the molecule is CCCNC(=O)C1COCCN1CCCC(C)=O. The van der Waals surface area contributed by atoms with Gasteiger partial charge in [-0.05, 0) is 26.3 Å². The van der Waals surface area contributed by atoms with Gasteiger partial charge in [-0.25, -0.2) is 0 Å². The summed E-state index contributed by atoms with van der Waals surface area (Å²) < 4.78 is 5.37. The third-order valence-corrected chi connectivity index (χ3v) is 3.07. The maximum atomic E-state index is 12.0.